The second-order valence-electron chi connectivity index (χ2n) is 11.2. The van der Waals surface area contributed by atoms with Crippen LogP contribution in [0.3, 0.4) is 0 Å². The van der Waals surface area contributed by atoms with Crippen molar-refractivity contribution >= 4 is 34.9 Å². The van der Waals surface area contributed by atoms with E-state index in [1.165, 1.54) is 0 Å². The fourth-order valence-corrected chi connectivity index (χ4v) is 8.85. The quantitative estimate of drug-likeness (QED) is 0.760. The van der Waals surface area contributed by atoms with Gasteiger partial charge in [-0.15, -0.1) is 0 Å². The van der Waals surface area contributed by atoms with Crippen molar-refractivity contribution in [1.82, 2.24) is 5.32 Å². The molecule has 2 saturated heterocycles. The Kier molecular flexibility index (Phi) is 3.52. The lowest BCUT2D eigenvalue weighted by Crippen LogP contribution is -3.02. The molecule has 1 aromatic carbocycles. The van der Waals surface area contributed by atoms with Crippen LogP contribution in [-0.2, 0) is 19.1 Å². The average molecular weight is 455 g/mol. The molecule has 1 aromatic rings. The number of nitrogens with zero attached hydrogens (tertiary/aromatic N) is 1. The van der Waals surface area contributed by atoms with Crippen LogP contribution in [0, 0.1) is 22.2 Å². The van der Waals surface area contributed by atoms with Crippen molar-refractivity contribution in [1.29, 1.82) is 0 Å². The zero-order valence-corrected chi connectivity index (χ0v) is 18.9. The number of Topliss-reactive ketones (excluding diaryl/α,β-unsaturated/α-hetero) is 1. The van der Waals surface area contributed by atoms with Crippen LogP contribution in [0.15, 0.2) is 24.3 Å². The minimum Gasteiger partial charge on any atom is -0.353 e. The van der Waals surface area contributed by atoms with E-state index in [9.17, 15) is 14.4 Å². The third-order valence-corrected chi connectivity index (χ3v) is 10.3. The molecule has 32 heavy (non-hydrogen) atoms. The first-order valence-corrected chi connectivity index (χ1v) is 12.3. The van der Waals surface area contributed by atoms with Crippen LogP contribution < -0.4 is 10.2 Å². The second kappa shape index (κ2) is 5.76. The first-order chi connectivity index (χ1) is 15.3. The van der Waals surface area contributed by atoms with Gasteiger partial charge in [-0.3, -0.25) is 14.4 Å². The summed E-state index contributed by atoms with van der Waals surface area (Å²) in [6.45, 7) is 2.70. The molecule has 6 fully saturated rings. The molecule has 7 atom stereocenters. The predicted molar refractivity (Wildman–Crippen MR) is 117 cm³/mol. The fraction of sp³-hybridized carbons (Fsp3) is 0.640. The molecule has 2 amide bonds. The summed E-state index contributed by atoms with van der Waals surface area (Å²) in [5, 5.41) is 3.89. The van der Waals surface area contributed by atoms with E-state index in [0.717, 1.165) is 44.2 Å². The van der Waals surface area contributed by atoms with Crippen molar-refractivity contribution in [2.75, 3.05) is 11.4 Å². The number of ketones is 1. The van der Waals surface area contributed by atoms with Gasteiger partial charge in [0.15, 0.2) is 11.4 Å². The lowest BCUT2D eigenvalue weighted by molar-refractivity contribution is -0.483. The maximum Gasteiger partial charge on any atom is 0.253 e. The van der Waals surface area contributed by atoms with Gasteiger partial charge >= 0.3 is 0 Å². The van der Waals surface area contributed by atoms with E-state index in [0.29, 0.717) is 23.9 Å². The van der Waals surface area contributed by atoms with Gasteiger partial charge in [0.25, 0.3) is 5.91 Å². The molecule has 2 aliphatic heterocycles. The Bertz CT molecular complexity index is 1110. The lowest BCUT2D eigenvalue weighted by Gasteiger charge is -2.90. The Hall–Kier alpha value is -1.92. The monoisotopic (exact) mass is 454 g/mol. The number of carbonyl (C=O) groups excluding carboxylic acids is 3. The van der Waals surface area contributed by atoms with Gasteiger partial charge in [-0.25, -0.2) is 0 Å². The highest BCUT2D eigenvalue weighted by Gasteiger charge is 3.00. The minimum absolute atomic E-state index is 0.0332. The van der Waals surface area contributed by atoms with Gasteiger partial charge in [-0.1, -0.05) is 31.0 Å². The third-order valence-electron chi connectivity index (χ3n) is 10.1. The van der Waals surface area contributed by atoms with E-state index in [1.54, 1.807) is 0 Å². The molecule has 2 spiro atoms. The number of amides is 2. The van der Waals surface area contributed by atoms with Crippen molar-refractivity contribution in [3.05, 3.63) is 29.3 Å². The van der Waals surface area contributed by atoms with Crippen LogP contribution in [0.2, 0.25) is 5.02 Å². The molecular weight excluding hydrogens is 428 g/mol. The maximum atomic E-state index is 13.5. The molecule has 6 nitrogen and oxygen atoms in total. The average Bonchev–Trinajstić information content (AvgIpc) is 3.03. The number of hydrogen-bond acceptors (Lipinski definition) is 4. The van der Waals surface area contributed by atoms with E-state index in [1.807, 2.05) is 36.1 Å². The van der Waals surface area contributed by atoms with Crippen molar-refractivity contribution < 1.29 is 19.1 Å². The minimum atomic E-state index is -0.805. The molecule has 1 N–H and O–H groups in total. The molecule has 7 heteroatoms. The number of anilines is 1. The van der Waals surface area contributed by atoms with E-state index < -0.39 is 11.0 Å². The van der Waals surface area contributed by atoms with E-state index in [4.69, 9.17) is 16.3 Å². The number of hydrogen-bond donors (Lipinski definition) is 1. The predicted octanol–water partition coefficient (Wildman–Crippen LogP) is 3.26. The van der Waals surface area contributed by atoms with Gasteiger partial charge < -0.3 is 15.0 Å². The summed E-state index contributed by atoms with van der Waals surface area (Å²) >= 11 is 6.15. The number of ether oxygens (including phenoxy) is 1. The molecule has 0 bridgehead atoms. The zero-order valence-electron chi connectivity index (χ0n) is 18.2. The topological polar surface area (TPSA) is 75.7 Å². The summed E-state index contributed by atoms with van der Waals surface area (Å²) < 4.78 is 5.97. The standard InChI is InChI=1S/C25H27ClN2O4/c1-22-11-14-12-24(25(14,22)19(32-24)18(22)29)20(30)27-16-5-3-7-23(13-16)8-9-28(21(23)31)17-6-2-4-15(26)10-17/h2,4,6,10,14,16,19H,3,5,7-9,11-13H2,1H3,(H,27,30)/t14?,16-,19+,22+,23-,24-,25?/m1/s1. The third kappa shape index (κ3) is 1.86. The first-order valence-electron chi connectivity index (χ1n) is 11.9. The van der Waals surface area contributed by atoms with Crippen LogP contribution in [-0.4, -0.2) is 41.9 Å². The fourth-order valence-electron chi connectivity index (χ4n) is 8.66. The second-order valence-corrected chi connectivity index (χ2v) is 11.7. The molecule has 6 aliphatic rings. The number of rotatable bonds is 3. The Labute approximate surface area is 192 Å². The molecule has 4 aliphatic carbocycles. The molecule has 2 heterocycles. The Morgan fingerprint density at radius 1 is 1.22 bits per heavy atom. The first kappa shape index (κ1) is 19.5. The van der Waals surface area contributed by atoms with Gasteiger partial charge in [-0.05, 0) is 62.6 Å². The van der Waals surface area contributed by atoms with Crippen LogP contribution in [0.25, 0.3) is 0 Å². The summed E-state index contributed by atoms with van der Waals surface area (Å²) in [7, 11) is 0. The van der Waals surface area contributed by atoms with Crippen LogP contribution in [0.1, 0.15) is 51.9 Å². The SMILES string of the molecule is C[C@]12CC3C[C@]4(C(=O)N[C@@H]5CCC[C@@]6(CCN(c7cccc(Cl)c7)C6=O)C5)O[C@@H](C1=O)C324. The van der Waals surface area contributed by atoms with E-state index in [2.05, 4.69) is 5.32 Å². The normalized spacial score (nSPS) is 47.6. The van der Waals surface area contributed by atoms with E-state index in [-0.39, 0.29) is 40.6 Å². The molecular formula is C25H27ClN2O4. The van der Waals surface area contributed by atoms with Gasteiger partial charge in [0.2, 0.25) is 5.91 Å². The van der Waals surface area contributed by atoms with Gasteiger partial charge in [0.1, 0.15) is 6.10 Å². The van der Waals surface area contributed by atoms with Crippen molar-refractivity contribution in [2.45, 2.75) is 69.6 Å². The number of carbonyl (C=O) groups is 3. The summed E-state index contributed by atoms with van der Waals surface area (Å²) in [6, 6.07) is 7.42. The highest BCUT2D eigenvalue weighted by atomic mass is 35.5. The summed E-state index contributed by atoms with van der Waals surface area (Å²) in [4.78, 5) is 41.2. The number of halogens is 1. The molecule has 7 rings (SSSR count). The smallest absolute Gasteiger partial charge is 0.253 e. The molecule has 4 saturated carbocycles. The largest absolute Gasteiger partial charge is 0.353 e. The maximum absolute atomic E-state index is 13.5. The van der Waals surface area contributed by atoms with Crippen LogP contribution in [0.4, 0.5) is 5.69 Å². The number of nitrogens with one attached hydrogen (secondary N) is 1. The number of benzene rings is 1. The molecule has 2 unspecified atom stereocenters. The van der Waals surface area contributed by atoms with Crippen LogP contribution in [0.5, 0.6) is 0 Å². The Morgan fingerprint density at radius 3 is 2.81 bits per heavy atom. The van der Waals surface area contributed by atoms with Crippen LogP contribution >= 0.6 is 11.6 Å². The van der Waals surface area contributed by atoms with Gasteiger partial charge in [0, 0.05) is 28.7 Å². The van der Waals surface area contributed by atoms with Crippen molar-refractivity contribution in [3.8, 4) is 0 Å². The van der Waals surface area contributed by atoms with E-state index >= 15 is 0 Å². The van der Waals surface area contributed by atoms with Gasteiger partial charge in [0.05, 0.1) is 10.8 Å². The highest BCUT2D eigenvalue weighted by Crippen LogP contribution is 2.89. The van der Waals surface area contributed by atoms with Crippen molar-refractivity contribution in [2.24, 2.45) is 22.2 Å². The summed E-state index contributed by atoms with van der Waals surface area (Å²) in [5.74, 6) is 0.735. The molecule has 168 valence electrons. The Morgan fingerprint density at radius 2 is 2.06 bits per heavy atom. The highest BCUT2D eigenvalue weighted by molar-refractivity contribution is 6.31. The molecule has 0 aromatic heterocycles. The zero-order chi connectivity index (χ0) is 22.1. The molecule has 0 radical (unpaired) electrons. The summed E-state index contributed by atoms with van der Waals surface area (Å²) in [6.07, 6.45) is 5.40. The van der Waals surface area contributed by atoms with Gasteiger partial charge in [-0.2, -0.15) is 0 Å². The summed E-state index contributed by atoms with van der Waals surface area (Å²) in [5.41, 5.74) is -0.975. The Balaban J connectivity index is 1.08. The lowest BCUT2D eigenvalue weighted by atomic mass is 9.17. The van der Waals surface area contributed by atoms with Crippen molar-refractivity contribution in [3.63, 3.8) is 0 Å².